The van der Waals surface area contributed by atoms with Crippen LogP contribution in [0.3, 0.4) is 0 Å². The molecule has 1 N–H and O–H groups in total. The molecule has 118 valence electrons. The van der Waals surface area contributed by atoms with Crippen molar-refractivity contribution in [3.8, 4) is 11.5 Å². The second-order valence-electron chi connectivity index (χ2n) is 6.21. The van der Waals surface area contributed by atoms with Crippen LogP contribution in [0.15, 0.2) is 18.2 Å². The molecule has 1 aromatic rings. The van der Waals surface area contributed by atoms with Crippen LogP contribution >= 0.6 is 0 Å². The monoisotopic (exact) mass is 291 g/mol. The van der Waals surface area contributed by atoms with Crippen LogP contribution in [0, 0.1) is 5.92 Å². The summed E-state index contributed by atoms with van der Waals surface area (Å²) in [4.78, 5) is 0. The number of benzene rings is 1. The quantitative estimate of drug-likeness (QED) is 0.829. The fourth-order valence-electron chi connectivity index (χ4n) is 3.19. The maximum absolute atomic E-state index is 5.37. The first-order chi connectivity index (χ1) is 10.2. The minimum absolute atomic E-state index is 0.491. The molecule has 1 fully saturated rings. The zero-order valence-electron chi connectivity index (χ0n) is 13.7. The van der Waals surface area contributed by atoms with Gasteiger partial charge >= 0.3 is 0 Å². The molecular weight excluding hydrogens is 262 g/mol. The Morgan fingerprint density at radius 1 is 1.10 bits per heavy atom. The predicted molar refractivity (Wildman–Crippen MR) is 87.3 cm³/mol. The van der Waals surface area contributed by atoms with Gasteiger partial charge in [0.1, 0.15) is 0 Å². The maximum Gasteiger partial charge on any atom is 0.160 e. The standard InChI is InChI=1S/C18H29NO2/c1-14(19-13-15-7-5-4-6-8-15)11-16-9-10-17(20-2)18(12-16)21-3/h9-10,12,14-15,19H,4-8,11,13H2,1-3H3. The van der Waals surface area contributed by atoms with Gasteiger partial charge in [-0.25, -0.2) is 0 Å². The molecular formula is C18H29NO2. The molecule has 1 aromatic carbocycles. The summed E-state index contributed by atoms with van der Waals surface area (Å²) >= 11 is 0. The molecule has 0 spiro atoms. The van der Waals surface area contributed by atoms with E-state index in [0.717, 1.165) is 30.4 Å². The van der Waals surface area contributed by atoms with Gasteiger partial charge in [0.2, 0.25) is 0 Å². The van der Waals surface area contributed by atoms with Crippen molar-refractivity contribution in [2.24, 2.45) is 5.92 Å². The average Bonchev–Trinajstić information content (AvgIpc) is 2.53. The van der Waals surface area contributed by atoms with E-state index in [-0.39, 0.29) is 0 Å². The van der Waals surface area contributed by atoms with Crippen molar-refractivity contribution < 1.29 is 9.47 Å². The molecule has 1 atom stereocenters. The number of hydrogen-bond donors (Lipinski definition) is 1. The Labute approximate surface area is 129 Å². The summed E-state index contributed by atoms with van der Waals surface area (Å²) < 4.78 is 10.7. The lowest BCUT2D eigenvalue weighted by molar-refractivity contribution is 0.329. The van der Waals surface area contributed by atoms with Crippen molar-refractivity contribution in [3.63, 3.8) is 0 Å². The molecule has 21 heavy (non-hydrogen) atoms. The zero-order chi connectivity index (χ0) is 15.1. The van der Waals surface area contributed by atoms with E-state index in [1.165, 1.54) is 37.7 Å². The molecule has 0 aliphatic heterocycles. The van der Waals surface area contributed by atoms with Crippen LogP contribution in [0.4, 0.5) is 0 Å². The number of rotatable bonds is 7. The Bertz CT molecular complexity index is 427. The highest BCUT2D eigenvalue weighted by Gasteiger charge is 2.14. The van der Waals surface area contributed by atoms with Gasteiger partial charge in [-0.2, -0.15) is 0 Å². The van der Waals surface area contributed by atoms with E-state index in [1.54, 1.807) is 14.2 Å². The second kappa shape index (κ2) is 8.28. The minimum Gasteiger partial charge on any atom is -0.493 e. The number of methoxy groups -OCH3 is 2. The number of hydrogen-bond acceptors (Lipinski definition) is 3. The third kappa shape index (κ3) is 4.92. The summed E-state index contributed by atoms with van der Waals surface area (Å²) in [6.45, 7) is 3.42. The fraction of sp³-hybridized carbons (Fsp3) is 0.667. The highest BCUT2D eigenvalue weighted by atomic mass is 16.5. The first-order valence-corrected chi connectivity index (χ1v) is 8.17. The third-order valence-corrected chi connectivity index (χ3v) is 4.47. The van der Waals surface area contributed by atoms with E-state index in [9.17, 15) is 0 Å². The van der Waals surface area contributed by atoms with Gasteiger partial charge in [-0.05, 0) is 56.3 Å². The van der Waals surface area contributed by atoms with E-state index < -0.39 is 0 Å². The van der Waals surface area contributed by atoms with Crippen molar-refractivity contribution >= 4 is 0 Å². The molecule has 0 saturated heterocycles. The molecule has 0 radical (unpaired) electrons. The van der Waals surface area contributed by atoms with Crippen LogP contribution < -0.4 is 14.8 Å². The SMILES string of the molecule is COc1ccc(CC(C)NCC2CCCCC2)cc1OC. The van der Waals surface area contributed by atoms with Gasteiger partial charge in [0.05, 0.1) is 14.2 Å². The Kier molecular flexibility index (Phi) is 6.37. The van der Waals surface area contributed by atoms with Gasteiger partial charge in [-0.15, -0.1) is 0 Å². The van der Waals surface area contributed by atoms with Crippen LogP contribution in [0.2, 0.25) is 0 Å². The lowest BCUT2D eigenvalue weighted by Gasteiger charge is -2.24. The Morgan fingerprint density at radius 3 is 2.48 bits per heavy atom. The second-order valence-corrected chi connectivity index (χ2v) is 6.21. The molecule has 0 bridgehead atoms. The summed E-state index contributed by atoms with van der Waals surface area (Å²) in [5, 5.41) is 3.69. The van der Waals surface area contributed by atoms with Crippen molar-refractivity contribution in [3.05, 3.63) is 23.8 Å². The lowest BCUT2D eigenvalue weighted by Crippen LogP contribution is -2.33. The maximum atomic E-state index is 5.37. The molecule has 0 amide bonds. The van der Waals surface area contributed by atoms with Gasteiger partial charge < -0.3 is 14.8 Å². The molecule has 1 saturated carbocycles. The average molecular weight is 291 g/mol. The zero-order valence-corrected chi connectivity index (χ0v) is 13.7. The molecule has 0 aromatic heterocycles. The molecule has 3 heteroatoms. The molecule has 0 heterocycles. The van der Waals surface area contributed by atoms with Crippen molar-refractivity contribution in [1.82, 2.24) is 5.32 Å². The van der Waals surface area contributed by atoms with E-state index in [0.29, 0.717) is 6.04 Å². The van der Waals surface area contributed by atoms with Gasteiger partial charge in [0, 0.05) is 6.04 Å². The van der Waals surface area contributed by atoms with Crippen molar-refractivity contribution in [2.45, 2.75) is 51.5 Å². The first-order valence-electron chi connectivity index (χ1n) is 8.17. The normalized spacial score (nSPS) is 17.5. The minimum atomic E-state index is 0.491. The van der Waals surface area contributed by atoms with E-state index >= 15 is 0 Å². The summed E-state index contributed by atoms with van der Waals surface area (Å²) in [6.07, 6.45) is 8.07. The topological polar surface area (TPSA) is 30.5 Å². The lowest BCUT2D eigenvalue weighted by atomic mass is 9.89. The van der Waals surface area contributed by atoms with E-state index in [2.05, 4.69) is 24.4 Å². The molecule has 1 unspecified atom stereocenters. The Balaban J connectivity index is 1.82. The molecule has 1 aliphatic rings. The summed E-state index contributed by atoms with van der Waals surface area (Å²) in [7, 11) is 3.36. The number of ether oxygens (including phenoxy) is 2. The predicted octanol–water partition coefficient (Wildman–Crippen LogP) is 3.80. The van der Waals surface area contributed by atoms with Crippen LogP contribution in [-0.4, -0.2) is 26.8 Å². The van der Waals surface area contributed by atoms with Gasteiger partial charge in [-0.3, -0.25) is 0 Å². The summed E-state index contributed by atoms with van der Waals surface area (Å²) in [5.74, 6) is 2.49. The van der Waals surface area contributed by atoms with Gasteiger partial charge in [-0.1, -0.05) is 25.3 Å². The number of nitrogens with one attached hydrogen (secondary N) is 1. The molecule has 1 aliphatic carbocycles. The van der Waals surface area contributed by atoms with Crippen LogP contribution in [0.25, 0.3) is 0 Å². The van der Waals surface area contributed by atoms with E-state index in [4.69, 9.17) is 9.47 Å². The van der Waals surface area contributed by atoms with Crippen LogP contribution in [0.1, 0.15) is 44.6 Å². The summed E-state index contributed by atoms with van der Waals surface area (Å²) in [5.41, 5.74) is 1.29. The summed E-state index contributed by atoms with van der Waals surface area (Å²) in [6, 6.07) is 6.68. The van der Waals surface area contributed by atoms with Crippen molar-refractivity contribution in [1.29, 1.82) is 0 Å². The highest BCUT2D eigenvalue weighted by Crippen LogP contribution is 2.28. The highest BCUT2D eigenvalue weighted by molar-refractivity contribution is 5.43. The third-order valence-electron chi connectivity index (χ3n) is 4.47. The smallest absolute Gasteiger partial charge is 0.160 e. The van der Waals surface area contributed by atoms with Gasteiger partial charge in [0.25, 0.3) is 0 Å². The van der Waals surface area contributed by atoms with Crippen LogP contribution in [-0.2, 0) is 6.42 Å². The van der Waals surface area contributed by atoms with E-state index in [1.807, 2.05) is 6.07 Å². The Morgan fingerprint density at radius 2 is 1.81 bits per heavy atom. The van der Waals surface area contributed by atoms with Crippen LogP contribution in [0.5, 0.6) is 11.5 Å². The largest absolute Gasteiger partial charge is 0.493 e. The Hall–Kier alpha value is -1.22. The fourth-order valence-corrected chi connectivity index (χ4v) is 3.19. The first kappa shape index (κ1) is 16.2. The van der Waals surface area contributed by atoms with Crippen molar-refractivity contribution in [2.75, 3.05) is 20.8 Å². The molecule has 2 rings (SSSR count). The molecule has 3 nitrogen and oxygen atoms in total. The van der Waals surface area contributed by atoms with Gasteiger partial charge in [0.15, 0.2) is 11.5 Å².